The molecule has 0 unspecified atom stereocenters. The Bertz CT molecular complexity index is 774. The Morgan fingerprint density at radius 1 is 1.10 bits per heavy atom. The van der Waals surface area contributed by atoms with Crippen molar-refractivity contribution in [2.24, 2.45) is 0 Å². The maximum atomic E-state index is 5.88. The van der Waals surface area contributed by atoms with E-state index in [-0.39, 0.29) is 0 Å². The van der Waals surface area contributed by atoms with Crippen molar-refractivity contribution < 1.29 is 9.47 Å². The van der Waals surface area contributed by atoms with Crippen LogP contribution in [0, 0.1) is 6.92 Å². The molecule has 0 bridgehead atoms. The molecule has 3 heteroatoms. The third-order valence-electron chi connectivity index (χ3n) is 3.95. The molecule has 0 saturated heterocycles. The average Bonchev–Trinajstić information content (AvgIpc) is 2.88. The number of aromatic amines is 1. The van der Waals surface area contributed by atoms with Crippen molar-refractivity contribution in [1.82, 2.24) is 4.98 Å². The third kappa shape index (κ3) is 2.44. The van der Waals surface area contributed by atoms with Crippen LogP contribution in [0.3, 0.4) is 0 Å². The maximum absolute atomic E-state index is 5.88. The summed E-state index contributed by atoms with van der Waals surface area (Å²) in [5.41, 5.74) is 3.41. The number of fused-ring (bicyclic) bond motifs is 3. The van der Waals surface area contributed by atoms with E-state index in [1.807, 2.05) is 12.1 Å². The van der Waals surface area contributed by atoms with Crippen LogP contribution in [-0.2, 0) is 0 Å². The number of ether oxygens (including phenoxy) is 2. The van der Waals surface area contributed by atoms with Gasteiger partial charge < -0.3 is 14.5 Å². The second-order valence-corrected chi connectivity index (χ2v) is 5.35. The molecule has 0 fully saturated rings. The average molecular weight is 283 g/mol. The Morgan fingerprint density at radius 2 is 1.90 bits per heavy atom. The topological polar surface area (TPSA) is 34.2 Å². The van der Waals surface area contributed by atoms with Gasteiger partial charge in [-0.3, -0.25) is 0 Å². The molecule has 21 heavy (non-hydrogen) atoms. The highest BCUT2D eigenvalue weighted by molar-refractivity contribution is 6.09. The standard InChI is InChI=1S/C18H21NO2/c1-4-5-10-21-17-9-8-15-14-7-6-13(20-3)11-16(14)19-18(15)12(17)2/h6-9,11,19H,4-5,10H2,1-3H3. The molecule has 0 atom stereocenters. The molecule has 3 aromatic rings. The molecular weight excluding hydrogens is 262 g/mol. The zero-order chi connectivity index (χ0) is 14.8. The predicted octanol–water partition coefficient (Wildman–Crippen LogP) is 4.82. The number of aryl methyl sites for hydroxylation is 1. The summed E-state index contributed by atoms with van der Waals surface area (Å²) in [6, 6.07) is 10.3. The Morgan fingerprint density at radius 3 is 2.67 bits per heavy atom. The number of hydrogen-bond acceptors (Lipinski definition) is 2. The number of methoxy groups -OCH3 is 1. The smallest absolute Gasteiger partial charge is 0.124 e. The van der Waals surface area contributed by atoms with E-state index in [1.54, 1.807) is 7.11 Å². The first-order valence-corrected chi connectivity index (χ1v) is 7.46. The van der Waals surface area contributed by atoms with Gasteiger partial charge in [-0.1, -0.05) is 13.3 Å². The summed E-state index contributed by atoms with van der Waals surface area (Å²) in [6.07, 6.45) is 2.23. The van der Waals surface area contributed by atoms with Crippen LogP contribution in [0.5, 0.6) is 11.5 Å². The van der Waals surface area contributed by atoms with E-state index < -0.39 is 0 Å². The van der Waals surface area contributed by atoms with Crippen molar-refractivity contribution in [3.8, 4) is 11.5 Å². The fourth-order valence-corrected chi connectivity index (χ4v) is 2.68. The van der Waals surface area contributed by atoms with Gasteiger partial charge in [-0.2, -0.15) is 0 Å². The van der Waals surface area contributed by atoms with Crippen LogP contribution in [-0.4, -0.2) is 18.7 Å². The van der Waals surface area contributed by atoms with Crippen LogP contribution in [0.2, 0.25) is 0 Å². The molecule has 3 nitrogen and oxygen atoms in total. The van der Waals surface area contributed by atoms with Gasteiger partial charge in [0.1, 0.15) is 11.5 Å². The van der Waals surface area contributed by atoms with Crippen LogP contribution in [0.15, 0.2) is 30.3 Å². The van der Waals surface area contributed by atoms with Crippen molar-refractivity contribution in [1.29, 1.82) is 0 Å². The Kier molecular flexibility index (Phi) is 3.74. The first kappa shape index (κ1) is 13.8. The summed E-state index contributed by atoms with van der Waals surface area (Å²) in [6.45, 7) is 5.05. The second-order valence-electron chi connectivity index (χ2n) is 5.35. The molecule has 3 rings (SSSR count). The van der Waals surface area contributed by atoms with Gasteiger partial charge in [0.15, 0.2) is 0 Å². The fourth-order valence-electron chi connectivity index (χ4n) is 2.68. The van der Waals surface area contributed by atoms with Crippen LogP contribution in [0.25, 0.3) is 21.8 Å². The summed E-state index contributed by atoms with van der Waals surface area (Å²) < 4.78 is 11.2. The molecule has 0 aliphatic carbocycles. The van der Waals surface area contributed by atoms with Gasteiger partial charge in [0.25, 0.3) is 0 Å². The predicted molar refractivity (Wildman–Crippen MR) is 87.5 cm³/mol. The molecule has 0 spiro atoms. The number of benzene rings is 2. The van der Waals surface area contributed by atoms with Gasteiger partial charge in [-0.05, 0) is 37.6 Å². The van der Waals surface area contributed by atoms with Gasteiger partial charge in [0, 0.05) is 22.4 Å². The summed E-state index contributed by atoms with van der Waals surface area (Å²) in [7, 11) is 1.69. The molecule has 2 aromatic carbocycles. The molecular formula is C18H21NO2. The first-order chi connectivity index (χ1) is 10.2. The van der Waals surface area contributed by atoms with Gasteiger partial charge in [0.2, 0.25) is 0 Å². The SMILES string of the molecule is CCCCOc1ccc2c([nH]c3cc(OC)ccc32)c1C. The van der Waals surface area contributed by atoms with Crippen LogP contribution in [0.1, 0.15) is 25.3 Å². The summed E-state index contributed by atoms with van der Waals surface area (Å²) in [5, 5.41) is 2.45. The molecule has 1 aromatic heterocycles. The minimum absolute atomic E-state index is 0.775. The van der Waals surface area contributed by atoms with Gasteiger partial charge >= 0.3 is 0 Å². The van der Waals surface area contributed by atoms with E-state index in [2.05, 4.69) is 37.0 Å². The highest BCUT2D eigenvalue weighted by Crippen LogP contribution is 2.33. The van der Waals surface area contributed by atoms with E-state index in [0.29, 0.717) is 0 Å². The summed E-state index contributed by atoms with van der Waals surface area (Å²) in [4.78, 5) is 3.49. The zero-order valence-corrected chi connectivity index (χ0v) is 12.8. The lowest BCUT2D eigenvalue weighted by Gasteiger charge is -2.09. The zero-order valence-electron chi connectivity index (χ0n) is 12.8. The van der Waals surface area contributed by atoms with Gasteiger partial charge in [-0.15, -0.1) is 0 Å². The van der Waals surface area contributed by atoms with Crippen molar-refractivity contribution in [3.63, 3.8) is 0 Å². The largest absolute Gasteiger partial charge is 0.497 e. The number of H-pyrrole nitrogens is 1. The Labute approximate surface area is 124 Å². The molecule has 0 amide bonds. The minimum atomic E-state index is 0.775. The lowest BCUT2D eigenvalue weighted by molar-refractivity contribution is 0.308. The molecule has 0 radical (unpaired) electrons. The highest BCUT2D eigenvalue weighted by Gasteiger charge is 2.10. The van der Waals surface area contributed by atoms with Crippen molar-refractivity contribution in [2.75, 3.05) is 13.7 Å². The van der Waals surface area contributed by atoms with Crippen LogP contribution in [0.4, 0.5) is 0 Å². The first-order valence-electron chi connectivity index (χ1n) is 7.46. The third-order valence-corrected chi connectivity index (χ3v) is 3.95. The minimum Gasteiger partial charge on any atom is -0.497 e. The van der Waals surface area contributed by atoms with E-state index in [1.165, 1.54) is 16.3 Å². The molecule has 1 heterocycles. The monoisotopic (exact) mass is 283 g/mol. The molecule has 0 saturated carbocycles. The molecule has 1 N–H and O–H groups in total. The van der Waals surface area contributed by atoms with E-state index in [0.717, 1.165) is 42.0 Å². The normalized spacial score (nSPS) is 11.2. The molecule has 0 aliphatic heterocycles. The lowest BCUT2D eigenvalue weighted by Crippen LogP contribution is -1.98. The van der Waals surface area contributed by atoms with Crippen LogP contribution >= 0.6 is 0 Å². The quantitative estimate of drug-likeness (QED) is 0.681. The number of rotatable bonds is 5. The van der Waals surface area contributed by atoms with E-state index in [4.69, 9.17) is 9.47 Å². The Hall–Kier alpha value is -2.16. The summed E-state index contributed by atoms with van der Waals surface area (Å²) in [5.74, 6) is 1.83. The Balaban J connectivity index is 2.08. The van der Waals surface area contributed by atoms with Crippen LogP contribution < -0.4 is 9.47 Å². The van der Waals surface area contributed by atoms with E-state index >= 15 is 0 Å². The van der Waals surface area contributed by atoms with Crippen molar-refractivity contribution >= 4 is 21.8 Å². The summed E-state index contributed by atoms with van der Waals surface area (Å²) >= 11 is 0. The van der Waals surface area contributed by atoms with Gasteiger partial charge in [-0.25, -0.2) is 0 Å². The second kappa shape index (κ2) is 5.68. The highest BCUT2D eigenvalue weighted by atomic mass is 16.5. The maximum Gasteiger partial charge on any atom is 0.124 e. The fraction of sp³-hybridized carbons (Fsp3) is 0.333. The lowest BCUT2D eigenvalue weighted by atomic mass is 10.1. The van der Waals surface area contributed by atoms with Crippen molar-refractivity contribution in [3.05, 3.63) is 35.9 Å². The number of hydrogen-bond donors (Lipinski definition) is 1. The molecule has 0 aliphatic rings. The van der Waals surface area contributed by atoms with E-state index in [9.17, 15) is 0 Å². The molecule has 110 valence electrons. The number of nitrogens with one attached hydrogen (secondary N) is 1. The van der Waals surface area contributed by atoms with Gasteiger partial charge in [0.05, 0.1) is 24.8 Å². The number of aromatic nitrogens is 1. The van der Waals surface area contributed by atoms with Crippen molar-refractivity contribution in [2.45, 2.75) is 26.7 Å². The number of unbranched alkanes of at least 4 members (excludes halogenated alkanes) is 1.